The van der Waals surface area contributed by atoms with Gasteiger partial charge in [-0.15, -0.1) is 0 Å². The Morgan fingerprint density at radius 1 is 1.03 bits per heavy atom. The lowest BCUT2D eigenvalue weighted by Gasteiger charge is -2.33. The molecule has 1 saturated heterocycles. The lowest BCUT2D eigenvalue weighted by Crippen LogP contribution is -2.44. The number of carbonyl (C=O) groups is 1. The molecule has 0 unspecified atom stereocenters. The third kappa shape index (κ3) is 5.25. The highest BCUT2D eigenvalue weighted by Gasteiger charge is 2.33. The molecule has 0 bridgehead atoms. The van der Waals surface area contributed by atoms with Gasteiger partial charge in [0.25, 0.3) is 0 Å². The van der Waals surface area contributed by atoms with Gasteiger partial charge in [-0.3, -0.25) is 4.79 Å². The van der Waals surface area contributed by atoms with Crippen molar-refractivity contribution < 1.29 is 13.2 Å². The summed E-state index contributed by atoms with van der Waals surface area (Å²) < 4.78 is 27.1. The van der Waals surface area contributed by atoms with Gasteiger partial charge in [0, 0.05) is 32.1 Å². The average Bonchev–Trinajstić information content (AvgIpc) is 2.75. The Bertz CT molecular complexity index is 903. The second-order valence-corrected chi connectivity index (χ2v) is 9.67. The molecule has 1 aliphatic heterocycles. The third-order valence-corrected chi connectivity index (χ3v) is 7.40. The number of rotatable bonds is 7. The Labute approximate surface area is 174 Å². The highest BCUT2D eigenvalue weighted by Crippen LogP contribution is 2.25. The van der Waals surface area contributed by atoms with Gasteiger partial charge in [-0.05, 0) is 43.9 Å². The number of amides is 1. The quantitative estimate of drug-likeness (QED) is 0.692. The fourth-order valence-electron chi connectivity index (χ4n) is 3.79. The molecule has 1 amide bonds. The molecule has 2 aromatic rings. The Morgan fingerprint density at radius 3 is 2.24 bits per heavy atom. The summed E-state index contributed by atoms with van der Waals surface area (Å²) in [6.45, 7) is 6.22. The topological polar surface area (TPSA) is 57.7 Å². The molecule has 0 atom stereocenters. The zero-order valence-electron chi connectivity index (χ0n) is 17.3. The fraction of sp³-hybridized carbons (Fsp3) is 0.435. The van der Waals surface area contributed by atoms with E-state index < -0.39 is 10.0 Å². The number of nitrogens with zero attached hydrogens (tertiary/aromatic N) is 2. The van der Waals surface area contributed by atoms with Crippen LogP contribution in [0.4, 0.5) is 0 Å². The minimum absolute atomic E-state index is 0.116. The largest absolute Gasteiger partial charge is 0.338 e. The van der Waals surface area contributed by atoms with E-state index in [-0.39, 0.29) is 11.8 Å². The van der Waals surface area contributed by atoms with Crippen LogP contribution >= 0.6 is 0 Å². The van der Waals surface area contributed by atoms with Crippen LogP contribution in [0.25, 0.3) is 0 Å². The monoisotopic (exact) mass is 414 g/mol. The van der Waals surface area contributed by atoms with Gasteiger partial charge >= 0.3 is 0 Å². The van der Waals surface area contributed by atoms with Crippen molar-refractivity contribution in [2.75, 3.05) is 19.6 Å². The third-order valence-electron chi connectivity index (χ3n) is 5.48. The first kappa shape index (κ1) is 21.5. The Hall–Kier alpha value is -2.18. The molecule has 1 aliphatic rings. The van der Waals surface area contributed by atoms with E-state index in [1.54, 1.807) is 30.3 Å². The van der Waals surface area contributed by atoms with Crippen molar-refractivity contribution in [3.05, 3.63) is 65.7 Å². The minimum Gasteiger partial charge on any atom is -0.338 e. The van der Waals surface area contributed by atoms with Crippen LogP contribution in [-0.2, 0) is 21.4 Å². The number of hydrogen-bond acceptors (Lipinski definition) is 3. The molecular weight excluding hydrogens is 384 g/mol. The van der Waals surface area contributed by atoms with E-state index in [2.05, 4.69) is 38.1 Å². The lowest BCUT2D eigenvalue weighted by atomic mass is 9.96. The number of piperidine rings is 1. The van der Waals surface area contributed by atoms with Gasteiger partial charge in [0.1, 0.15) is 0 Å². The summed E-state index contributed by atoms with van der Waals surface area (Å²) in [5, 5.41) is 0. The molecule has 29 heavy (non-hydrogen) atoms. The summed E-state index contributed by atoms with van der Waals surface area (Å²) in [5.41, 5.74) is 2.33. The van der Waals surface area contributed by atoms with E-state index in [0.29, 0.717) is 37.4 Å². The molecule has 0 saturated carbocycles. The summed E-state index contributed by atoms with van der Waals surface area (Å²) in [7, 11) is -3.49. The maximum absolute atomic E-state index is 13.1. The Kier molecular flexibility index (Phi) is 7.09. The molecule has 6 heteroatoms. The van der Waals surface area contributed by atoms with Gasteiger partial charge in [-0.1, -0.05) is 55.0 Å². The summed E-state index contributed by atoms with van der Waals surface area (Å²) in [6, 6.07) is 16.8. The highest BCUT2D eigenvalue weighted by molar-refractivity contribution is 7.89. The van der Waals surface area contributed by atoms with Crippen LogP contribution in [0.3, 0.4) is 0 Å². The first-order valence-corrected chi connectivity index (χ1v) is 11.8. The molecule has 0 radical (unpaired) electrons. The predicted octanol–water partition coefficient (Wildman–Crippen LogP) is 3.83. The normalized spacial score (nSPS) is 15.9. The molecule has 5 nitrogen and oxygen atoms in total. The van der Waals surface area contributed by atoms with Crippen molar-refractivity contribution in [3.63, 3.8) is 0 Å². The number of hydrogen-bond donors (Lipinski definition) is 0. The van der Waals surface area contributed by atoms with Crippen LogP contribution in [0.5, 0.6) is 0 Å². The van der Waals surface area contributed by atoms with Crippen molar-refractivity contribution in [1.82, 2.24) is 9.21 Å². The first-order chi connectivity index (χ1) is 13.9. The molecular formula is C23H30N2O3S. The second-order valence-electron chi connectivity index (χ2n) is 7.74. The standard InChI is InChI=1S/C23H30N2O3S/c1-3-15-24(18-20-11-9-19(2)10-12-20)23(26)21-13-16-25(17-14-21)29(27,28)22-7-5-4-6-8-22/h4-12,21H,3,13-18H2,1-2H3. The van der Waals surface area contributed by atoms with Gasteiger partial charge in [0.2, 0.25) is 15.9 Å². The van der Waals surface area contributed by atoms with Gasteiger partial charge in [-0.2, -0.15) is 4.31 Å². The SMILES string of the molecule is CCCN(Cc1ccc(C)cc1)C(=O)C1CCN(S(=O)(=O)c2ccccc2)CC1. The van der Waals surface area contributed by atoms with Crippen LogP contribution in [-0.4, -0.2) is 43.2 Å². The number of sulfonamides is 1. The summed E-state index contributed by atoms with van der Waals surface area (Å²) in [5.74, 6) is 0.0263. The maximum Gasteiger partial charge on any atom is 0.243 e. The number of aryl methyl sites for hydroxylation is 1. The van der Waals surface area contributed by atoms with Gasteiger partial charge in [0.15, 0.2) is 0 Å². The van der Waals surface area contributed by atoms with Gasteiger partial charge in [0.05, 0.1) is 4.90 Å². The van der Waals surface area contributed by atoms with Crippen molar-refractivity contribution in [2.45, 2.75) is 44.6 Å². The molecule has 1 heterocycles. The highest BCUT2D eigenvalue weighted by atomic mass is 32.2. The maximum atomic E-state index is 13.1. The zero-order valence-corrected chi connectivity index (χ0v) is 18.1. The van der Waals surface area contributed by atoms with E-state index in [1.165, 1.54) is 9.87 Å². The van der Waals surface area contributed by atoms with Crippen molar-refractivity contribution in [1.29, 1.82) is 0 Å². The van der Waals surface area contributed by atoms with Crippen LogP contribution in [0.15, 0.2) is 59.5 Å². The molecule has 0 N–H and O–H groups in total. The summed E-state index contributed by atoms with van der Waals surface area (Å²) >= 11 is 0. The fourth-order valence-corrected chi connectivity index (χ4v) is 5.28. The average molecular weight is 415 g/mol. The molecule has 156 valence electrons. The second kappa shape index (κ2) is 9.55. The number of benzene rings is 2. The lowest BCUT2D eigenvalue weighted by molar-refractivity contribution is -0.137. The van der Waals surface area contributed by atoms with Crippen molar-refractivity contribution in [2.24, 2.45) is 5.92 Å². The van der Waals surface area contributed by atoms with E-state index in [4.69, 9.17) is 0 Å². The number of carbonyl (C=O) groups excluding carboxylic acids is 1. The molecule has 0 spiro atoms. The van der Waals surface area contributed by atoms with Crippen LogP contribution in [0.2, 0.25) is 0 Å². The first-order valence-electron chi connectivity index (χ1n) is 10.3. The molecule has 2 aromatic carbocycles. The molecule has 3 rings (SSSR count). The van der Waals surface area contributed by atoms with Crippen molar-refractivity contribution in [3.8, 4) is 0 Å². The van der Waals surface area contributed by atoms with Gasteiger partial charge in [-0.25, -0.2) is 8.42 Å². The molecule has 0 aromatic heterocycles. The van der Waals surface area contributed by atoms with Crippen LogP contribution in [0.1, 0.15) is 37.3 Å². The van der Waals surface area contributed by atoms with E-state index in [9.17, 15) is 13.2 Å². The predicted molar refractivity (Wildman–Crippen MR) is 115 cm³/mol. The minimum atomic E-state index is -3.49. The summed E-state index contributed by atoms with van der Waals surface area (Å²) in [6.07, 6.45) is 2.04. The van der Waals surface area contributed by atoms with Crippen molar-refractivity contribution >= 4 is 15.9 Å². The molecule has 0 aliphatic carbocycles. The molecule has 1 fully saturated rings. The van der Waals surface area contributed by atoms with E-state index >= 15 is 0 Å². The Morgan fingerprint density at radius 2 is 1.66 bits per heavy atom. The Balaban J connectivity index is 1.63. The van der Waals surface area contributed by atoms with Gasteiger partial charge < -0.3 is 4.90 Å². The van der Waals surface area contributed by atoms with E-state index in [0.717, 1.165) is 18.5 Å². The van der Waals surface area contributed by atoms with Crippen LogP contribution < -0.4 is 0 Å². The van der Waals surface area contributed by atoms with E-state index in [1.807, 2.05) is 4.90 Å². The van der Waals surface area contributed by atoms with Crippen LogP contribution in [0, 0.1) is 12.8 Å². The smallest absolute Gasteiger partial charge is 0.243 e. The summed E-state index contributed by atoms with van der Waals surface area (Å²) in [4.78, 5) is 15.4. The zero-order chi connectivity index (χ0) is 20.9.